The molecule has 0 unspecified atom stereocenters. The van der Waals surface area contributed by atoms with Gasteiger partial charge in [0.25, 0.3) is 0 Å². The van der Waals surface area contributed by atoms with E-state index in [2.05, 4.69) is 22.1 Å². The van der Waals surface area contributed by atoms with Crippen LogP contribution in [0.25, 0.3) is 16.9 Å². The number of halogens is 1. The van der Waals surface area contributed by atoms with Crippen molar-refractivity contribution in [2.75, 3.05) is 23.4 Å². The Morgan fingerprint density at radius 2 is 2.08 bits per heavy atom. The maximum absolute atomic E-state index is 6.12. The lowest BCUT2D eigenvalue weighted by atomic mass is 10.0. The first kappa shape index (κ1) is 15.8. The van der Waals surface area contributed by atoms with Crippen LogP contribution in [0.15, 0.2) is 42.6 Å². The minimum absolute atomic E-state index is 0.715. The van der Waals surface area contributed by atoms with Gasteiger partial charge in [-0.25, -0.2) is 9.50 Å². The van der Waals surface area contributed by atoms with Crippen LogP contribution in [-0.4, -0.2) is 32.6 Å². The monoisotopic (exact) mass is 358 g/mol. The van der Waals surface area contributed by atoms with Gasteiger partial charge in [0.2, 0.25) is 0 Å². The Balaban J connectivity index is 1.58. The van der Waals surface area contributed by atoms with Crippen molar-refractivity contribution in [1.82, 2.24) is 14.6 Å². The van der Waals surface area contributed by atoms with Gasteiger partial charge in [-0.3, -0.25) is 0 Å². The molecule has 0 radical (unpaired) electrons. The van der Waals surface area contributed by atoms with Crippen molar-refractivity contribution in [2.24, 2.45) is 5.92 Å². The zero-order valence-corrected chi connectivity index (χ0v) is 14.9. The average Bonchev–Trinajstić information content (AvgIpc) is 3.04. The molecule has 1 fully saturated rings. The van der Waals surface area contributed by atoms with Crippen molar-refractivity contribution in [3.05, 3.63) is 47.6 Å². The van der Waals surface area contributed by atoms with Crippen molar-refractivity contribution < 1.29 is 0 Å². The fourth-order valence-corrected chi connectivity index (χ4v) is 4.41. The number of thioether (sulfide) groups is 1. The van der Waals surface area contributed by atoms with E-state index in [1.807, 2.05) is 47.1 Å². The molecule has 4 rings (SSSR count). The third kappa shape index (κ3) is 3.37. The first-order chi connectivity index (χ1) is 11.8. The third-order valence-electron chi connectivity index (χ3n) is 4.40. The first-order valence-electron chi connectivity index (χ1n) is 8.22. The highest BCUT2D eigenvalue weighted by molar-refractivity contribution is 7.99. The average molecular weight is 359 g/mol. The smallest absolute Gasteiger partial charge is 0.154 e. The predicted octanol–water partition coefficient (Wildman–Crippen LogP) is 4.60. The predicted molar refractivity (Wildman–Crippen MR) is 102 cm³/mol. The van der Waals surface area contributed by atoms with E-state index in [1.165, 1.54) is 24.3 Å². The van der Waals surface area contributed by atoms with Crippen LogP contribution in [0.2, 0.25) is 5.02 Å². The lowest BCUT2D eigenvalue weighted by Gasteiger charge is -2.21. The SMILES string of the molecule is Clc1cccc(-c2cnc3ccc(NCC4CCSCC4)nn23)c1. The molecule has 1 aliphatic heterocycles. The van der Waals surface area contributed by atoms with E-state index in [4.69, 9.17) is 16.7 Å². The van der Waals surface area contributed by atoms with Gasteiger partial charge in [0, 0.05) is 17.1 Å². The number of fused-ring (bicyclic) bond motifs is 1. The van der Waals surface area contributed by atoms with Crippen LogP contribution in [0, 0.1) is 5.92 Å². The number of hydrogen-bond donors (Lipinski definition) is 1. The van der Waals surface area contributed by atoms with Crippen LogP contribution in [0.5, 0.6) is 0 Å². The maximum Gasteiger partial charge on any atom is 0.154 e. The largest absolute Gasteiger partial charge is 0.368 e. The summed E-state index contributed by atoms with van der Waals surface area (Å²) in [5.74, 6) is 4.19. The second-order valence-electron chi connectivity index (χ2n) is 6.08. The first-order valence-corrected chi connectivity index (χ1v) is 9.75. The molecule has 1 saturated heterocycles. The number of aromatic nitrogens is 3. The van der Waals surface area contributed by atoms with E-state index < -0.39 is 0 Å². The molecule has 124 valence electrons. The van der Waals surface area contributed by atoms with Crippen molar-refractivity contribution in [3.63, 3.8) is 0 Å². The van der Waals surface area contributed by atoms with E-state index >= 15 is 0 Å². The molecule has 3 aromatic rings. The fraction of sp³-hybridized carbons (Fsp3) is 0.333. The highest BCUT2D eigenvalue weighted by Gasteiger charge is 2.14. The summed E-state index contributed by atoms with van der Waals surface area (Å²) in [5.41, 5.74) is 2.80. The van der Waals surface area contributed by atoms with E-state index in [9.17, 15) is 0 Å². The molecule has 6 heteroatoms. The van der Waals surface area contributed by atoms with E-state index in [0.717, 1.165) is 35.2 Å². The van der Waals surface area contributed by atoms with E-state index in [1.54, 1.807) is 0 Å². The van der Waals surface area contributed by atoms with Gasteiger partial charge < -0.3 is 5.32 Å². The quantitative estimate of drug-likeness (QED) is 0.739. The molecule has 1 N–H and O–H groups in total. The summed E-state index contributed by atoms with van der Waals surface area (Å²) < 4.78 is 1.88. The summed E-state index contributed by atoms with van der Waals surface area (Å²) in [6.07, 6.45) is 4.42. The Bertz CT molecular complexity index is 842. The molecular weight excluding hydrogens is 340 g/mol. The molecular formula is C18H19ClN4S. The molecule has 1 aliphatic rings. The van der Waals surface area contributed by atoms with Crippen molar-refractivity contribution in [1.29, 1.82) is 0 Å². The zero-order valence-electron chi connectivity index (χ0n) is 13.3. The summed E-state index contributed by atoms with van der Waals surface area (Å²) in [5, 5.41) is 8.93. The topological polar surface area (TPSA) is 42.2 Å². The van der Waals surface area contributed by atoms with Crippen LogP contribution in [-0.2, 0) is 0 Å². The Morgan fingerprint density at radius 3 is 2.92 bits per heavy atom. The van der Waals surface area contributed by atoms with E-state index in [-0.39, 0.29) is 0 Å². The van der Waals surface area contributed by atoms with Gasteiger partial charge in [-0.2, -0.15) is 11.8 Å². The highest BCUT2D eigenvalue weighted by atomic mass is 35.5. The van der Waals surface area contributed by atoms with Crippen molar-refractivity contribution >= 4 is 34.8 Å². The number of anilines is 1. The summed E-state index contributed by atoms with van der Waals surface area (Å²) in [4.78, 5) is 4.44. The highest BCUT2D eigenvalue weighted by Crippen LogP contribution is 2.25. The number of nitrogens with zero attached hydrogens (tertiary/aromatic N) is 3. The van der Waals surface area contributed by atoms with Crippen LogP contribution < -0.4 is 5.32 Å². The van der Waals surface area contributed by atoms with Gasteiger partial charge in [0.05, 0.1) is 11.9 Å². The second-order valence-corrected chi connectivity index (χ2v) is 7.74. The van der Waals surface area contributed by atoms with Crippen molar-refractivity contribution in [2.45, 2.75) is 12.8 Å². The number of imidazole rings is 1. The van der Waals surface area contributed by atoms with Crippen LogP contribution in [0.1, 0.15) is 12.8 Å². The van der Waals surface area contributed by atoms with Gasteiger partial charge in [-0.15, -0.1) is 5.10 Å². The number of rotatable bonds is 4. The molecule has 4 nitrogen and oxygen atoms in total. The molecule has 0 bridgehead atoms. The Morgan fingerprint density at radius 1 is 1.21 bits per heavy atom. The molecule has 24 heavy (non-hydrogen) atoms. The Labute approximate surface area is 150 Å². The van der Waals surface area contributed by atoms with Crippen LogP contribution in [0.3, 0.4) is 0 Å². The minimum atomic E-state index is 0.715. The molecule has 0 atom stereocenters. The van der Waals surface area contributed by atoms with Crippen LogP contribution in [0.4, 0.5) is 5.82 Å². The van der Waals surface area contributed by atoms with Gasteiger partial charge in [0.15, 0.2) is 5.65 Å². The summed E-state index contributed by atoms with van der Waals surface area (Å²) in [6, 6.07) is 11.8. The number of hydrogen-bond acceptors (Lipinski definition) is 4. The van der Waals surface area contributed by atoms with Gasteiger partial charge in [-0.05, 0) is 54.5 Å². The Hall–Kier alpha value is -1.72. The van der Waals surface area contributed by atoms with Gasteiger partial charge in [0.1, 0.15) is 5.82 Å². The summed E-state index contributed by atoms with van der Waals surface area (Å²) in [7, 11) is 0. The lowest BCUT2D eigenvalue weighted by Crippen LogP contribution is -2.19. The van der Waals surface area contributed by atoms with Gasteiger partial charge >= 0.3 is 0 Å². The van der Waals surface area contributed by atoms with Gasteiger partial charge in [-0.1, -0.05) is 23.7 Å². The van der Waals surface area contributed by atoms with Crippen LogP contribution >= 0.6 is 23.4 Å². The second kappa shape index (κ2) is 7.03. The molecule has 0 saturated carbocycles. The van der Waals surface area contributed by atoms with E-state index in [0.29, 0.717) is 5.02 Å². The third-order valence-corrected chi connectivity index (χ3v) is 5.68. The standard InChI is InChI=1S/C18H19ClN4S/c19-15-3-1-2-14(10-15)16-12-21-18-5-4-17(22-23(16)18)20-11-13-6-8-24-9-7-13/h1-5,10,12-13H,6-9,11H2,(H,20,22). The normalized spacial score (nSPS) is 15.7. The molecule has 1 aromatic carbocycles. The molecule has 0 spiro atoms. The summed E-state index contributed by atoms with van der Waals surface area (Å²) >= 11 is 8.17. The zero-order chi connectivity index (χ0) is 16.4. The molecule has 0 amide bonds. The lowest BCUT2D eigenvalue weighted by molar-refractivity contribution is 0.515. The molecule has 0 aliphatic carbocycles. The molecule has 2 aromatic heterocycles. The number of benzene rings is 1. The van der Waals surface area contributed by atoms with Crippen molar-refractivity contribution in [3.8, 4) is 11.3 Å². The fourth-order valence-electron chi connectivity index (χ4n) is 3.01. The summed E-state index contributed by atoms with van der Waals surface area (Å²) in [6.45, 7) is 0.986. The number of nitrogens with one attached hydrogen (secondary N) is 1. The Kier molecular flexibility index (Phi) is 4.63. The minimum Gasteiger partial charge on any atom is -0.368 e. The maximum atomic E-state index is 6.12. The molecule has 3 heterocycles.